The number of ether oxygens (including phenoxy) is 2. The van der Waals surface area contributed by atoms with Gasteiger partial charge in [-0.3, -0.25) is 4.79 Å². The van der Waals surface area contributed by atoms with E-state index < -0.39 is 10.0 Å². The van der Waals surface area contributed by atoms with Crippen molar-refractivity contribution in [3.8, 4) is 11.5 Å². The number of anilines is 1. The third kappa shape index (κ3) is 4.46. The Hall–Kier alpha value is -2.58. The van der Waals surface area contributed by atoms with Gasteiger partial charge in [0.05, 0.1) is 12.0 Å². The maximum atomic E-state index is 11.9. The summed E-state index contributed by atoms with van der Waals surface area (Å²) in [5.74, 6) is 0.627. The van der Waals surface area contributed by atoms with Crippen LogP contribution < -0.4 is 19.5 Å². The number of methoxy groups -OCH3 is 1. The van der Waals surface area contributed by atoms with Crippen LogP contribution in [0.25, 0.3) is 0 Å². The fourth-order valence-electron chi connectivity index (χ4n) is 1.91. The van der Waals surface area contributed by atoms with Crippen LogP contribution in [0.4, 0.5) is 5.69 Å². The van der Waals surface area contributed by atoms with E-state index in [2.05, 4.69) is 10.0 Å². The monoisotopic (exact) mass is 350 g/mol. The van der Waals surface area contributed by atoms with E-state index in [1.807, 2.05) is 0 Å². The first-order valence-corrected chi connectivity index (χ1v) is 8.54. The number of amides is 1. The van der Waals surface area contributed by atoms with Crippen LogP contribution in [0.15, 0.2) is 53.4 Å². The molecule has 0 saturated heterocycles. The van der Waals surface area contributed by atoms with Crippen molar-refractivity contribution in [3.05, 3.63) is 48.5 Å². The van der Waals surface area contributed by atoms with Gasteiger partial charge >= 0.3 is 0 Å². The highest BCUT2D eigenvalue weighted by atomic mass is 32.2. The van der Waals surface area contributed by atoms with E-state index in [0.717, 1.165) is 0 Å². The zero-order valence-electron chi connectivity index (χ0n) is 13.3. The molecule has 0 aliphatic heterocycles. The van der Waals surface area contributed by atoms with Crippen LogP contribution in [0.5, 0.6) is 11.5 Å². The molecule has 7 nitrogen and oxygen atoms in total. The minimum absolute atomic E-state index is 0.119. The number of hydrogen-bond donors (Lipinski definition) is 2. The lowest BCUT2D eigenvalue weighted by Crippen LogP contribution is -2.21. The number of benzene rings is 2. The molecule has 2 aromatic rings. The maximum Gasteiger partial charge on any atom is 0.262 e. The van der Waals surface area contributed by atoms with Gasteiger partial charge in [0.1, 0.15) is 0 Å². The third-order valence-corrected chi connectivity index (χ3v) is 4.58. The van der Waals surface area contributed by atoms with Gasteiger partial charge in [0.2, 0.25) is 10.0 Å². The number of rotatable bonds is 7. The molecule has 1 amide bonds. The average molecular weight is 350 g/mol. The Kier molecular flexibility index (Phi) is 5.78. The van der Waals surface area contributed by atoms with Gasteiger partial charge in [-0.1, -0.05) is 12.1 Å². The largest absolute Gasteiger partial charge is 0.493 e. The summed E-state index contributed by atoms with van der Waals surface area (Å²) in [7, 11) is -0.648. The topological polar surface area (TPSA) is 93.7 Å². The van der Waals surface area contributed by atoms with E-state index >= 15 is 0 Å². The predicted molar refractivity (Wildman–Crippen MR) is 89.8 cm³/mol. The summed E-state index contributed by atoms with van der Waals surface area (Å²) in [6, 6.07) is 12.8. The van der Waals surface area contributed by atoms with Gasteiger partial charge in [-0.15, -0.1) is 0 Å². The number of nitrogens with one attached hydrogen (secondary N) is 2. The van der Waals surface area contributed by atoms with Crippen LogP contribution in [-0.4, -0.2) is 35.1 Å². The summed E-state index contributed by atoms with van der Waals surface area (Å²) in [5.41, 5.74) is 0.471. The Bertz CT molecular complexity index is 803. The molecule has 0 bridgehead atoms. The lowest BCUT2D eigenvalue weighted by molar-refractivity contribution is -0.118. The Morgan fingerprint density at radius 3 is 2.25 bits per heavy atom. The number of carbonyl (C=O) groups is 1. The molecule has 24 heavy (non-hydrogen) atoms. The van der Waals surface area contributed by atoms with Crippen LogP contribution in [0.3, 0.4) is 0 Å². The zero-order valence-corrected chi connectivity index (χ0v) is 14.1. The van der Waals surface area contributed by atoms with Crippen LogP contribution in [-0.2, 0) is 14.8 Å². The summed E-state index contributed by atoms with van der Waals surface area (Å²) in [6.45, 7) is -0.197. The fourth-order valence-corrected chi connectivity index (χ4v) is 2.64. The predicted octanol–water partition coefficient (Wildman–Crippen LogP) is 1.62. The van der Waals surface area contributed by atoms with E-state index in [9.17, 15) is 13.2 Å². The highest BCUT2D eigenvalue weighted by Gasteiger charge is 2.11. The molecule has 2 N–H and O–H groups in total. The Morgan fingerprint density at radius 2 is 1.67 bits per heavy atom. The van der Waals surface area contributed by atoms with Gasteiger partial charge in [-0.2, -0.15) is 0 Å². The highest BCUT2D eigenvalue weighted by Crippen LogP contribution is 2.25. The normalized spacial score (nSPS) is 10.9. The van der Waals surface area contributed by atoms with Crippen molar-refractivity contribution in [2.45, 2.75) is 4.90 Å². The average Bonchev–Trinajstić information content (AvgIpc) is 2.60. The highest BCUT2D eigenvalue weighted by molar-refractivity contribution is 7.89. The van der Waals surface area contributed by atoms with Gasteiger partial charge in [-0.25, -0.2) is 13.1 Å². The van der Waals surface area contributed by atoms with Crippen LogP contribution in [0, 0.1) is 0 Å². The standard InChI is InChI=1S/C16H18N2O5S/c1-17-24(20,21)13-9-7-12(8-10-13)18-16(19)11-23-15-6-4-3-5-14(15)22-2/h3-10,17H,11H2,1-2H3,(H,18,19). The van der Waals surface area contributed by atoms with Gasteiger partial charge < -0.3 is 14.8 Å². The molecule has 0 aliphatic carbocycles. The smallest absolute Gasteiger partial charge is 0.262 e. The Labute approximate surface area is 140 Å². The van der Waals surface area contributed by atoms with Gasteiger partial charge in [0.25, 0.3) is 5.91 Å². The lowest BCUT2D eigenvalue weighted by atomic mass is 10.3. The van der Waals surface area contributed by atoms with E-state index in [4.69, 9.17) is 9.47 Å². The fraction of sp³-hybridized carbons (Fsp3) is 0.188. The summed E-state index contributed by atoms with van der Waals surface area (Å²) in [5, 5.41) is 2.63. The molecule has 8 heteroatoms. The van der Waals surface area contributed by atoms with Crippen LogP contribution >= 0.6 is 0 Å². The lowest BCUT2D eigenvalue weighted by Gasteiger charge is -2.10. The molecule has 0 aromatic heterocycles. The van der Waals surface area contributed by atoms with E-state index in [1.165, 1.54) is 38.4 Å². The molecule has 2 rings (SSSR count). The zero-order chi connectivity index (χ0) is 17.6. The SMILES string of the molecule is CNS(=O)(=O)c1ccc(NC(=O)COc2ccccc2OC)cc1. The molecule has 0 radical (unpaired) electrons. The molecule has 0 aliphatic rings. The Morgan fingerprint density at radius 1 is 1.04 bits per heavy atom. The van der Waals surface area contributed by atoms with Gasteiger partial charge in [0.15, 0.2) is 18.1 Å². The second kappa shape index (κ2) is 7.80. The minimum atomic E-state index is -3.50. The van der Waals surface area contributed by atoms with Crippen molar-refractivity contribution < 1.29 is 22.7 Å². The first-order valence-electron chi connectivity index (χ1n) is 7.05. The van der Waals surface area contributed by atoms with E-state index in [1.54, 1.807) is 24.3 Å². The molecule has 0 spiro atoms. The summed E-state index contributed by atoms with van der Waals surface area (Å²) in [6.07, 6.45) is 0. The quantitative estimate of drug-likeness (QED) is 0.791. The van der Waals surface area contributed by atoms with Crippen molar-refractivity contribution in [1.29, 1.82) is 0 Å². The first-order chi connectivity index (χ1) is 11.5. The number of para-hydroxylation sites is 2. The molecular formula is C16H18N2O5S. The van der Waals surface area contributed by atoms with Crippen molar-refractivity contribution in [2.24, 2.45) is 0 Å². The molecule has 0 unspecified atom stereocenters. The van der Waals surface area contributed by atoms with Crippen molar-refractivity contribution in [1.82, 2.24) is 4.72 Å². The molecule has 0 atom stereocenters. The number of carbonyl (C=O) groups excluding carboxylic acids is 1. The summed E-state index contributed by atoms with van der Waals surface area (Å²) < 4.78 is 36.0. The van der Waals surface area contributed by atoms with Crippen LogP contribution in [0.1, 0.15) is 0 Å². The third-order valence-electron chi connectivity index (χ3n) is 3.14. The van der Waals surface area contributed by atoms with Crippen molar-refractivity contribution in [3.63, 3.8) is 0 Å². The van der Waals surface area contributed by atoms with Crippen molar-refractivity contribution in [2.75, 3.05) is 26.1 Å². The summed E-state index contributed by atoms with van der Waals surface area (Å²) >= 11 is 0. The molecular weight excluding hydrogens is 332 g/mol. The molecule has 0 saturated carbocycles. The minimum Gasteiger partial charge on any atom is -0.493 e. The second-order valence-corrected chi connectivity index (χ2v) is 6.61. The van der Waals surface area contributed by atoms with Crippen LogP contribution in [0.2, 0.25) is 0 Å². The Balaban J connectivity index is 1.95. The van der Waals surface area contributed by atoms with Gasteiger partial charge in [-0.05, 0) is 43.4 Å². The van der Waals surface area contributed by atoms with Crippen molar-refractivity contribution >= 4 is 21.6 Å². The molecule has 0 fully saturated rings. The van der Waals surface area contributed by atoms with E-state index in [-0.39, 0.29) is 17.4 Å². The molecule has 0 heterocycles. The molecule has 2 aromatic carbocycles. The summed E-state index contributed by atoms with van der Waals surface area (Å²) in [4.78, 5) is 12.0. The van der Waals surface area contributed by atoms with Gasteiger partial charge in [0, 0.05) is 5.69 Å². The number of sulfonamides is 1. The second-order valence-electron chi connectivity index (χ2n) is 4.72. The maximum absolute atomic E-state index is 11.9. The number of hydrogen-bond acceptors (Lipinski definition) is 5. The van der Waals surface area contributed by atoms with E-state index in [0.29, 0.717) is 17.2 Å². The first kappa shape index (κ1) is 17.8. The molecule has 128 valence electrons.